The summed E-state index contributed by atoms with van der Waals surface area (Å²) in [6.07, 6.45) is 11.0. The topological polar surface area (TPSA) is 25.1 Å². The van der Waals surface area contributed by atoms with Crippen LogP contribution in [0, 0.1) is 0 Å². The first-order valence-corrected chi connectivity index (χ1v) is 14.5. The molecule has 0 fully saturated rings. The van der Waals surface area contributed by atoms with Gasteiger partial charge in [0.1, 0.15) is 0 Å². The monoisotopic (exact) mass is 540 g/mol. The summed E-state index contributed by atoms with van der Waals surface area (Å²) in [5.41, 5.74) is 8.54. The molecule has 0 amide bonds. The lowest BCUT2D eigenvalue weighted by Gasteiger charge is -2.42. The van der Waals surface area contributed by atoms with Gasteiger partial charge in [-0.05, 0) is 52.7 Å². The van der Waals surface area contributed by atoms with Crippen LogP contribution >= 0.6 is 0 Å². The third-order valence-corrected chi connectivity index (χ3v) is 8.85. The smallest absolute Gasteiger partial charge is 0.183 e. The van der Waals surface area contributed by atoms with Crippen LogP contribution in [0.25, 0.3) is 54.7 Å². The van der Waals surface area contributed by atoms with E-state index in [0.717, 1.165) is 6.54 Å². The van der Waals surface area contributed by atoms with Crippen LogP contribution < -0.4 is 5.32 Å². The molecule has 2 aliphatic rings. The van der Waals surface area contributed by atoms with E-state index in [4.69, 9.17) is 0 Å². The molecule has 200 valence electrons. The SMILES string of the molecule is C1=CCN2C(=C1)C(c1cccc3ccccc13)=CNC2n1c2ccccc2c2ccc3c(ccn3-c3ccccc3)c21. The van der Waals surface area contributed by atoms with Gasteiger partial charge in [-0.2, -0.15) is 0 Å². The van der Waals surface area contributed by atoms with Crippen molar-refractivity contribution in [2.45, 2.75) is 6.29 Å². The van der Waals surface area contributed by atoms with Crippen LogP contribution in [0.2, 0.25) is 0 Å². The number of allylic oxidation sites excluding steroid dienone is 3. The summed E-state index contributed by atoms with van der Waals surface area (Å²) in [6, 6.07) is 41.5. The Bertz CT molecular complexity index is 2260. The first kappa shape index (κ1) is 23.2. The molecule has 1 N–H and O–H groups in total. The number of para-hydroxylation sites is 2. The molecule has 4 heteroatoms. The molecular formula is C38H28N4. The van der Waals surface area contributed by atoms with Gasteiger partial charge in [-0.1, -0.05) is 97.1 Å². The van der Waals surface area contributed by atoms with Crippen LogP contribution in [-0.4, -0.2) is 20.6 Å². The Labute approximate surface area is 243 Å². The van der Waals surface area contributed by atoms with Crippen LogP contribution in [0.3, 0.4) is 0 Å². The van der Waals surface area contributed by atoms with Crippen molar-refractivity contribution in [3.63, 3.8) is 0 Å². The fourth-order valence-corrected chi connectivity index (χ4v) is 6.99. The van der Waals surface area contributed by atoms with Gasteiger partial charge in [-0.25, -0.2) is 0 Å². The molecule has 0 spiro atoms. The minimum atomic E-state index is -0.0898. The standard InChI is InChI=1S/C38H28N4/c1-2-13-27(14-3-1)40-24-22-32-35(40)21-20-31-30-16-6-7-19-36(30)42(37(31)32)38-39-25-33(34-18-8-9-23-41(34)38)29-17-10-12-26-11-4-5-15-28(26)29/h1-22,24-25,38-39H,23H2. The molecule has 0 bridgehead atoms. The van der Waals surface area contributed by atoms with E-state index in [0.29, 0.717) is 0 Å². The first-order valence-electron chi connectivity index (χ1n) is 14.5. The van der Waals surface area contributed by atoms with Crippen molar-refractivity contribution in [1.82, 2.24) is 19.4 Å². The lowest BCUT2D eigenvalue weighted by Crippen LogP contribution is -2.43. The Hall–Kier alpha value is -5.48. The van der Waals surface area contributed by atoms with Crippen molar-refractivity contribution in [2.24, 2.45) is 0 Å². The second-order valence-electron chi connectivity index (χ2n) is 11.1. The number of hydrogen-bond donors (Lipinski definition) is 1. The van der Waals surface area contributed by atoms with Crippen LogP contribution in [0.5, 0.6) is 0 Å². The summed E-state index contributed by atoms with van der Waals surface area (Å²) in [5.74, 6) is 0. The van der Waals surface area contributed by atoms with Crippen LogP contribution in [-0.2, 0) is 0 Å². The molecule has 9 rings (SSSR count). The van der Waals surface area contributed by atoms with Gasteiger partial charge in [0.05, 0.1) is 16.6 Å². The van der Waals surface area contributed by atoms with E-state index in [2.05, 4.69) is 165 Å². The zero-order valence-electron chi connectivity index (χ0n) is 23.0. The third-order valence-electron chi connectivity index (χ3n) is 8.85. The summed E-state index contributed by atoms with van der Waals surface area (Å²) in [5, 5.41) is 10.2. The van der Waals surface area contributed by atoms with Crippen molar-refractivity contribution in [3.8, 4) is 5.69 Å². The van der Waals surface area contributed by atoms with E-state index >= 15 is 0 Å². The molecular weight excluding hydrogens is 512 g/mol. The maximum Gasteiger partial charge on any atom is 0.183 e. The van der Waals surface area contributed by atoms with E-state index in [9.17, 15) is 0 Å². The molecule has 4 nitrogen and oxygen atoms in total. The summed E-state index contributed by atoms with van der Waals surface area (Å²) in [7, 11) is 0. The minimum Gasteiger partial charge on any atom is -0.353 e. The van der Waals surface area contributed by atoms with E-state index in [-0.39, 0.29) is 6.29 Å². The highest BCUT2D eigenvalue weighted by atomic mass is 15.4. The average molecular weight is 541 g/mol. The molecule has 2 aliphatic heterocycles. The molecule has 0 aliphatic carbocycles. The number of aromatic nitrogens is 2. The number of benzene rings is 5. The zero-order chi connectivity index (χ0) is 27.6. The molecule has 2 aromatic heterocycles. The van der Waals surface area contributed by atoms with Crippen molar-refractivity contribution < 1.29 is 0 Å². The van der Waals surface area contributed by atoms with Crippen molar-refractivity contribution in [2.75, 3.05) is 6.54 Å². The third kappa shape index (κ3) is 3.29. The predicted molar refractivity (Wildman–Crippen MR) is 174 cm³/mol. The number of rotatable bonds is 3. The number of nitrogens with zero attached hydrogens (tertiary/aromatic N) is 3. The van der Waals surface area contributed by atoms with Gasteiger partial charge < -0.3 is 19.4 Å². The maximum atomic E-state index is 3.87. The Balaban J connectivity index is 1.28. The summed E-state index contributed by atoms with van der Waals surface area (Å²) >= 11 is 0. The molecule has 7 aromatic rings. The molecule has 42 heavy (non-hydrogen) atoms. The average Bonchev–Trinajstić information content (AvgIpc) is 3.64. The number of nitrogens with one attached hydrogen (secondary N) is 1. The summed E-state index contributed by atoms with van der Waals surface area (Å²) in [4.78, 5) is 2.50. The molecule has 4 heterocycles. The highest BCUT2D eigenvalue weighted by Gasteiger charge is 2.32. The molecule has 0 saturated heterocycles. The van der Waals surface area contributed by atoms with Crippen LogP contribution in [0.1, 0.15) is 11.9 Å². The highest BCUT2D eigenvalue weighted by Crippen LogP contribution is 2.42. The van der Waals surface area contributed by atoms with Gasteiger partial charge in [-0.3, -0.25) is 0 Å². The number of hydrogen-bond acceptors (Lipinski definition) is 2. The normalized spacial score (nSPS) is 16.6. The first-order chi connectivity index (χ1) is 20.9. The molecule has 1 unspecified atom stereocenters. The lowest BCUT2D eigenvalue weighted by molar-refractivity contribution is 0.188. The van der Waals surface area contributed by atoms with E-state index in [1.165, 1.54) is 66.0 Å². The van der Waals surface area contributed by atoms with Gasteiger partial charge in [0.25, 0.3) is 0 Å². The van der Waals surface area contributed by atoms with Gasteiger partial charge >= 0.3 is 0 Å². The predicted octanol–water partition coefficient (Wildman–Crippen LogP) is 8.75. The van der Waals surface area contributed by atoms with Gasteiger partial charge in [0, 0.05) is 52.1 Å². The second kappa shape index (κ2) is 9.02. The lowest BCUT2D eigenvalue weighted by atomic mass is 9.94. The van der Waals surface area contributed by atoms with Crippen LogP contribution in [0.15, 0.2) is 152 Å². The van der Waals surface area contributed by atoms with E-state index in [1.54, 1.807) is 0 Å². The van der Waals surface area contributed by atoms with Crippen molar-refractivity contribution in [3.05, 3.63) is 157 Å². The zero-order valence-corrected chi connectivity index (χ0v) is 23.0. The van der Waals surface area contributed by atoms with Crippen molar-refractivity contribution >= 4 is 49.1 Å². The second-order valence-corrected chi connectivity index (χ2v) is 11.1. The van der Waals surface area contributed by atoms with Gasteiger partial charge in [0.2, 0.25) is 0 Å². The molecule has 1 atom stereocenters. The summed E-state index contributed by atoms with van der Waals surface area (Å²) in [6.45, 7) is 0.820. The van der Waals surface area contributed by atoms with Gasteiger partial charge in [0.15, 0.2) is 6.29 Å². The molecule has 5 aromatic carbocycles. The quantitative estimate of drug-likeness (QED) is 0.242. The molecule has 0 radical (unpaired) electrons. The van der Waals surface area contributed by atoms with Crippen molar-refractivity contribution in [1.29, 1.82) is 0 Å². The van der Waals surface area contributed by atoms with E-state index in [1.807, 2.05) is 0 Å². The largest absolute Gasteiger partial charge is 0.353 e. The fraction of sp³-hybridized carbons (Fsp3) is 0.0526. The Kier molecular flexibility index (Phi) is 4.99. The van der Waals surface area contributed by atoms with Crippen LogP contribution in [0.4, 0.5) is 0 Å². The highest BCUT2D eigenvalue weighted by molar-refractivity contribution is 6.17. The summed E-state index contributed by atoms with van der Waals surface area (Å²) < 4.78 is 4.80. The maximum absolute atomic E-state index is 3.87. The van der Waals surface area contributed by atoms with E-state index < -0.39 is 0 Å². The minimum absolute atomic E-state index is 0.0898. The van der Waals surface area contributed by atoms with Gasteiger partial charge in [-0.15, -0.1) is 0 Å². The Morgan fingerprint density at radius 1 is 0.643 bits per heavy atom. The Morgan fingerprint density at radius 2 is 1.45 bits per heavy atom. The molecule has 0 saturated carbocycles. The number of fused-ring (bicyclic) bond motifs is 7. The fourth-order valence-electron chi connectivity index (χ4n) is 6.99. The Morgan fingerprint density at radius 3 is 2.38 bits per heavy atom.